The van der Waals surface area contributed by atoms with E-state index in [1.165, 1.54) is 11.8 Å². The van der Waals surface area contributed by atoms with Gasteiger partial charge in [-0.1, -0.05) is 42.1 Å². The molecule has 0 unspecified atom stereocenters. The molecule has 0 spiro atoms. The first-order valence-corrected chi connectivity index (χ1v) is 9.25. The maximum absolute atomic E-state index is 12.0. The molecule has 0 aliphatic rings. The molecule has 1 N–H and O–H groups in total. The van der Waals surface area contributed by atoms with Crippen LogP contribution >= 0.6 is 11.8 Å². The van der Waals surface area contributed by atoms with Crippen LogP contribution in [0.4, 0.5) is 0 Å². The number of carbonyl (C=O) groups is 1. The Morgan fingerprint density at radius 3 is 2.85 bits per heavy atom. The van der Waals surface area contributed by atoms with Gasteiger partial charge in [-0.3, -0.25) is 9.36 Å². The van der Waals surface area contributed by atoms with Gasteiger partial charge < -0.3 is 10.1 Å². The molecule has 1 aromatic heterocycles. The van der Waals surface area contributed by atoms with Gasteiger partial charge in [0, 0.05) is 5.69 Å². The molecule has 0 saturated heterocycles. The molecule has 1 amide bonds. The van der Waals surface area contributed by atoms with Crippen LogP contribution in [-0.2, 0) is 4.79 Å². The molecule has 6 nitrogen and oxygen atoms in total. The number of hydrogen-bond acceptors (Lipinski definition) is 5. The lowest BCUT2D eigenvalue weighted by Gasteiger charge is -2.08. The van der Waals surface area contributed by atoms with Crippen LogP contribution in [0.1, 0.15) is 5.56 Å². The Morgan fingerprint density at radius 1 is 1.19 bits per heavy atom. The lowest BCUT2D eigenvalue weighted by Crippen LogP contribution is -2.29. The van der Waals surface area contributed by atoms with E-state index in [4.69, 9.17) is 4.74 Å². The van der Waals surface area contributed by atoms with Crippen molar-refractivity contribution in [3.8, 4) is 11.4 Å². The van der Waals surface area contributed by atoms with E-state index in [2.05, 4.69) is 15.5 Å². The topological polar surface area (TPSA) is 69.0 Å². The van der Waals surface area contributed by atoms with E-state index in [0.29, 0.717) is 18.3 Å². The fourth-order valence-electron chi connectivity index (χ4n) is 2.33. The fourth-order valence-corrected chi connectivity index (χ4v) is 3.09. The molecule has 0 atom stereocenters. The minimum Gasteiger partial charge on any atom is -0.492 e. The quantitative estimate of drug-likeness (QED) is 0.489. The summed E-state index contributed by atoms with van der Waals surface area (Å²) >= 11 is 1.35. The number of hydrogen-bond donors (Lipinski definition) is 1. The number of nitrogens with zero attached hydrogens (tertiary/aromatic N) is 3. The summed E-state index contributed by atoms with van der Waals surface area (Å²) in [5.41, 5.74) is 2.11. The smallest absolute Gasteiger partial charge is 0.230 e. The van der Waals surface area contributed by atoms with E-state index in [1.54, 1.807) is 6.33 Å². The first kappa shape index (κ1) is 18.0. The Balaban J connectivity index is 1.42. The molecule has 0 radical (unpaired) electrons. The summed E-state index contributed by atoms with van der Waals surface area (Å²) in [5.74, 6) is 1.02. The molecule has 1 heterocycles. The second-order valence-electron chi connectivity index (χ2n) is 5.62. The van der Waals surface area contributed by atoms with Crippen molar-refractivity contribution in [3.63, 3.8) is 0 Å². The van der Waals surface area contributed by atoms with Crippen LogP contribution in [0.15, 0.2) is 66.1 Å². The van der Waals surface area contributed by atoms with Gasteiger partial charge in [-0.25, -0.2) is 0 Å². The van der Waals surface area contributed by atoms with Crippen molar-refractivity contribution in [2.24, 2.45) is 0 Å². The van der Waals surface area contributed by atoms with Crippen molar-refractivity contribution in [1.29, 1.82) is 0 Å². The first-order chi connectivity index (χ1) is 12.7. The number of rotatable bonds is 8. The predicted octanol–water partition coefficient (Wildman–Crippen LogP) is 2.86. The van der Waals surface area contributed by atoms with Crippen LogP contribution in [0.3, 0.4) is 0 Å². The van der Waals surface area contributed by atoms with E-state index in [1.807, 2.05) is 66.1 Å². The van der Waals surface area contributed by atoms with Gasteiger partial charge in [0.25, 0.3) is 0 Å². The second kappa shape index (κ2) is 9.05. The lowest BCUT2D eigenvalue weighted by molar-refractivity contribution is -0.118. The average Bonchev–Trinajstić information content (AvgIpc) is 3.13. The summed E-state index contributed by atoms with van der Waals surface area (Å²) in [4.78, 5) is 12.0. The molecule has 26 heavy (non-hydrogen) atoms. The van der Waals surface area contributed by atoms with Gasteiger partial charge in [0.05, 0.1) is 12.3 Å². The molecule has 7 heteroatoms. The zero-order chi connectivity index (χ0) is 18.2. The van der Waals surface area contributed by atoms with Crippen LogP contribution in [0.5, 0.6) is 5.75 Å². The van der Waals surface area contributed by atoms with Crippen LogP contribution in [0, 0.1) is 6.92 Å². The number of carbonyl (C=O) groups excluding carboxylic acids is 1. The van der Waals surface area contributed by atoms with Gasteiger partial charge >= 0.3 is 0 Å². The third-order valence-electron chi connectivity index (χ3n) is 3.57. The normalized spacial score (nSPS) is 10.5. The third-order valence-corrected chi connectivity index (χ3v) is 4.51. The first-order valence-electron chi connectivity index (χ1n) is 8.27. The highest BCUT2D eigenvalue weighted by Crippen LogP contribution is 2.18. The van der Waals surface area contributed by atoms with Crippen molar-refractivity contribution in [2.75, 3.05) is 18.9 Å². The zero-order valence-corrected chi connectivity index (χ0v) is 15.3. The van der Waals surface area contributed by atoms with Gasteiger partial charge in [-0.2, -0.15) is 0 Å². The maximum Gasteiger partial charge on any atom is 0.230 e. The second-order valence-corrected chi connectivity index (χ2v) is 6.57. The Morgan fingerprint density at radius 2 is 2.04 bits per heavy atom. The third kappa shape index (κ3) is 5.10. The lowest BCUT2D eigenvalue weighted by atomic mass is 10.2. The highest BCUT2D eigenvalue weighted by Gasteiger charge is 2.09. The van der Waals surface area contributed by atoms with Crippen LogP contribution < -0.4 is 10.1 Å². The molecule has 134 valence electrons. The van der Waals surface area contributed by atoms with Crippen molar-refractivity contribution in [3.05, 3.63) is 66.5 Å². The van der Waals surface area contributed by atoms with Crippen LogP contribution in [0.25, 0.3) is 5.69 Å². The largest absolute Gasteiger partial charge is 0.492 e. The Bertz CT molecular complexity index is 852. The molecule has 0 saturated carbocycles. The molecular formula is C19H20N4O2S. The van der Waals surface area contributed by atoms with Crippen LogP contribution in [0.2, 0.25) is 0 Å². The van der Waals surface area contributed by atoms with Gasteiger partial charge in [-0.05, 0) is 36.8 Å². The summed E-state index contributed by atoms with van der Waals surface area (Å²) in [6, 6.07) is 17.6. The van der Waals surface area contributed by atoms with Gasteiger partial charge in [0.1, 0.15) is 18.7 Å². The Labute approximate surface area is 156 Å². The minimum absolute atomic E-state index is 0.0644. The SMILES string of the molecule is Cc1cccc(OCCNC(=O)CSc2nncn2-c2ccccc2)c1. The molecule has 0 aliphatic heterocycles. The number of ether oxygens (including phenoxy) is 1. The Hall–Kier alpha value is -2.80. The average molecular weight is 368 g/mol. The van der Waals surface area contributed by atoms with Crippen molar-refractivity contribution in [1.82, 2.24) is 20.1 Å². The fraction of sp³-hybridized carbons (Fsp3) is 0.211. The van der Waals surface area contributed by atoms with Gasteiger partial charge in [0.2, 0.25) is 5.91 Å². The van der Waals surface area contributed by atoms with E-state index in [-0.39, 0.29) is 11.7 Å². The highest BCUT2D eigenvalue weighted by atomic mass is 32.2. The predicted molar refractivity (Wildman–Crippen MR) is 102 cm³/mol. The van der Waals surface area contributed by atoms with Gasteiger partial charge in [0.15, 0.2) is 5.16 Å². The summed E-state index contributed by atoms with van der Waals surface area (Å²) in [6.07, 6.45) is 1.64. The maximum atomic E-state index is 12.0. The van der Waals surface area contributed by atoms with E-state index in [9.17, 15) is 4.79 Å². The summed E-state index contributed by atoms with van der Waals surface area (Å²) < 4.78 is 7.48. The molecular weight excluding hydrogens is 348 g/mol. The monoisotopic (exact) mass is 368 g/mol. The van der Waals surface area contributed by atoms with Crippen molar-refractivity contribution in [2.45, 2.75) is 12.1 Å². The summed E-state index contributed by atoms with van der Waals surface area (Å²) in [7, 11) is 0. The number of thioether (sulfide) groups is 1. The van der Waals surface area contributed by atoms with Gasteiger partial charge in [-0.15, -0.1) is 10.2 Å². The standard InChI is InChI=1S/C19H20N4O2S/c1-15-6-5-9-17(12-15)25-11-10-20-18(24)13-26-19-22-21-14-23(19)16-7-3-2-4-8-16/h2-9,12,14H,10-11,13H2,1H3,(H,20,24). The van der Waals surface area contributed by atoms with E-state index >= 15 is 0 Å². The zero-order valence-electron chi connectivity index (χ0n) is 14.5. The molecule has 3 aromatic rings. The number of benzene rings is 2. The van der Waals surface area contributed by atoms with Crippen LogP contribution in [-0.4, -0.2) is 39.6 Å². The Kier molecular flexibility index (Phi) is 6.27. The minimum atomic E-state index is -0.0644. The molecule has 0 fully saturated rings. The molecule has 3 rings (SSSR count). The number of amides is 1. The number of nitrogens with one attached hydrogen (secondary N) is 1. The highest BCUT2D eigenvalue weighted by molar-refractivity contribution is 7.99. The molecule has 2 aromatic carbocycles. The number of aromatic nitrogens is 3. The molecule has 0 aliphatic carbocycles. The number of para-hydroxylation sites is 1. The van der Waals surface area contributed by atoms with E-state index in [0.717, 1.165) is 17.0 Å². The van der Waals surface area contributed by atoms with E-state index < -0.39 is 0 Å². The summed E-state index contributed by atoms with van der Waals surface area (Å²) in [5, 5.41) is 11.5. The molecule has 0 bridgehead atoms. The van der Waals surface area contributed by atoms with Crippen molar-refractivity contribution < 1.29 is 9.53 Å². The number of aryl methyl sites for hydroxylation is 1. The summed E-state index contributed by atoms with van der Waals surface area (Å²) in [6.45, 7) is 2.90. The van der Waals surface area contributed by atoms with Crippen molar-refractivity contribution >= 4 is 17.7 Å².